The molecule has 1 heterocycles. The molecule has 90 valence electrons. The van der Waals surface area contributed by atoms with Crippen molar-refractivity contribution >= 4 is 11.8 Å². The summed E-state index contributed by atoms with van der Waals surface area (Å²) in [7, 11) is 1.65. The number of hydrogen-bond donors (Lipinski definition) is 0. The van der Waals surface area contributed by atoms with E-state index in [9.17, 15) is 4.39 Å². The highest BCUT2D eigenvalue weighted by Gasteiger charge is 2.06. The summed E-state index contributed by atoms with van der Waals surface area (Å²) in [5, 5.41) is 0.598. The van der Waals surface area contributed by atoms with E-state index in [1.807, 2.05) is 0 Å². The number of nitrogens with zero attached hydrogens (tertiary/aromatic N) is 1. The Morgan fingerprint density at radius 1 is 1.35 bits per heavy atom. The minimum Gasteiger partial charge on any atom is -0.431 e. The molecule has 0 N–H and O–H groups in total. The number of oxazole rings is 1. The third-order valence-corrected chi connectivity index (χ3v) is 2.93. The van der Waals surface area contributed by atoms with Crippen LogP contribution in [0.15, 0.2) is 40.1 Å². The molecule has 5 heteroatoms. The smallest absolute Gasteiger partial charge is 0.256 e. The van der Waals surface area contributed by atoms with Gasteiger partial charge in [0.1, 0.15) is 5.82 Å². The largest absolute Gasteiger partial charge is 0.431 e. The number of ether oxygens (including phenoxy) is 1. The molecule has 0 aliphatic rings. The Morgan fingerprint density at radius 2 is 2.12 bits per heavy atom. The summed E-state index contributed by atoms with van der Waals surface area (Å²) in [5.74, 6) is 1.17. The number of thioether (sulfide) groups is 1. The summed E-state index contributed by atoms with van der Waals surface area (Å²) >= 11 is 1.49. The van der Waals surface area contributed by atoms with Crippen molar-refractivity contribution in [2.24, 2.45) is 0 Å². The second kappa shape index (κ2) is 5.84. The summed E-state index contributed by atoms with van der Waals surface area (Å²) in [6.07, 6.45) is 1.64. The molecule has 0 saturated carbocycles. The molecule has 0 aliphatic carbocycles. The van der Waals surface area contributed by atoms with Crippen LogP contribution in [-0.4, -0.2) is 24.5 Å². The molecule has 2 rings (SSSR count). The topological polar surface area (TPSA) is 35.3 Å². The summed E-state index contributed by atoms with van der Waals surface area (Å²) in [6.45, 7) is 0.652. The van der Waals surface area contributed by atoms with E-state index in [1.54, 1.807) is 25.4 Å². The number of hydrogen-bond acceptors (Lipinski definition) is 4. The third-order valence-electron chi connectivity index (χ3n) is 2.13. The van der Waals surface area contributed by atoms with E-state index in [0.29, 0.717) is 17.6 Å². The first-order valence-corrected chi connectivity index (χ1v) is 6.11. The van der Waals surface area contributed by atoms with Crippen LogP contribution in [0.1, 0.15) is 0 Å². The predicted molar refractivity (Wildman–Crippen MR) is 64.5 cm³/mol. The fraction of sp³-hybridized carbons (Fsp3) is 0.250. The van der Waals surface area contributed by atoms with Gasteiger partial charge in [-0.05, 0) is 24.3 Å². The number of rotatable bonds is 5. The van der Waals surface area contributed by atoms with Crippen molar-refractivity contribution in [3.05, 3.63) is 36.3 Å². The summed E-state index contributed by atoms with van der Waals surface area (Å²) in [5.41, 5.74) is 0.817. The minimum absolute atomic E-state index is 0.261. The zero-order valence-electron chi connectivity index (χ0n) is 9.35. The monoisotopic (exact) mass is 253 g/mol. The highest BCUT2D eigenvalue weighted by molar-refractivity contribution is 7.99. The average Bonchev–Trinajstić information content (AvgIpc) is 2.79. The van der Waals surface area contributed by atoms with Crippen LogP contribution in [-0.2, 0) is 4.74 Å². The van der Waals surface area contributed by atoms with Gasteiger partial charge in [-0.3, -0.25) is 0 Å². The van der Waals surface area contributed by atoms with Crippen molar-refractivity contribution in [3.8, 4) is 11.3 Å². The van der Waals surface area contributed by atoms with Crippen molar-refractivity contribution in [1.29, 1.82) is 0 Å². The standard InChI is InChI=1S/C12H12FNO2S/c1-15-6-7-17-12-14-8-11(16-12)9-2-4-10(13)5-3-9/h2-5,8H,6-7H2,1H3. The fourth-order valence-corrected chi connectivity index (χ4v) is 1.99. The second-order valence-corrected chi connectivity index (χ2v) is 4.38. The van der Waals surface area contributed by atoms with E-state index in [2.05, 4.69) is 4.98 Å². The van der Waals surface area contributed by atoms with Crippen LogP contribution in [0, 0.1) is 5.82 Å². The first kappa shape index (κ1) is 12.1. The molecule has 0 aliphatic heterocycles. The molecule has 0 atom stereocenters. The van der Waals surface area contributed by atoms with E-state index in [1.165, 1.54) is 23.9 Å². The van der Waals surface area contributed by atoms with Gasteiger partial charge in [0, 0.05) is 18.4 Å². The SMILES string of the molecule is COCCSc1ncc(-c2ccc(F)cc2)o1. The second-order valence-electron chi connectivity index (χ2n) is 3.34. The van der Waals surface area contributed by atoms with Crippen LogP contribution in [0.25, 0.3) is 11.3 Å². The van der Waals surface area contributed by atoms with Gasteiger partial charge in [0.2, 0.25) is 0 Å². The highest BCUT2D eigenvalue weighted by Crippen LogP contribution is 2.25. The molecule has 2 aromatic rings. The molecule has 0 saturated heterocycles. The van der Waals surface area contributed by atoms with Crippen LogP contribution in [0.5, 0.6) is 0 Å². The molecule has 0 fully saturated rings. The quantitative estimate of drug-likeness (QED) is 0.605. The Hall–Kier alpha value is -1.33. The van der Waals surface area contributed by atoms with Gasteiger partial charge in [0.15, 0.2) is 5.76 Å². The third kappa shape index (κ3) is 3.31. The Bertz CT molecular complexity index is 470. The molecule has 17 heavy (non-hydrogen) atoms. The average molecular weight is 253 g/mol. The van der Waals surface area contributed by atoms with E-state index in [-0.39, 0.29) is 5.82 Å². The molecule has 3 nitrogen and oxygen atoms in total. The first-order valence-electron chi connectivity index (χ1n) is 5.13. The maximum atomic E-state index is 12.7. The van der Waals surface area contributed by atoms with E-state index in [4.69, 9.17) is 9.15 Å². The van der Waals surface area contributed by atoms with Crippen molar-refractivity contribution in [2.75, 3.05) is 19.5 Å². The van der Waals surface area contributed by atoms with Crippen LogP contribution in [0.3, 0.4) is 0 Å². The Labute approximate surface area is 103 Å². The summed E-state index contributed by atoms with van der Waals surface area (Å²) < 4.78 is 23.2. The van der Waals surface area contributed by atoms with Crippen LogP contribution < -0.4 is 0 Å². The Kier molecular flexibility index (Phi) is 4.17. The van der Waals surface area contributed by atoms with Crippen LogP contribution in [0.4, 0.5) is 4.39 Å². The van der Waals surface area contributed by atoms with Crippen LogP contribution >= 0.6 is 11.8 Å². The van der Waals surface area contributed by atoms with E-state index in [0.717, 1.165) is 11.3 Å². The number of halogens is 1. The summed E-state index contributed by atoms with van der Waals surface area (Å²) in [6, 6.07) is 6.13. The molecule has 0 bridgehead atoms. The fourth-order valence-electron chi connectivity index (χ4n) is 1.28. The van der Waals surface area contributed by atoms with Gasteiger partial charge in [0.05, 0.1) is 12.8 Å². The van der Waals surface area contributed by atoms with Gasteiger partial charge in [-0.25, -0.2) is 9.37 Å². The normalized spacial score (nSPS) is 10.7. The molecular weight excluding hydrogens is 241 g/mol. The predicted octanol–water partition coefficient (Wildman–Crippen LogP) is 3.22. The molecule has 0 radical (unpaired) electrons. The van der Waals surface area contributed by atoms with Crippen molar-refractivity contribution in [3.63, 3.8) is 0 Å². The van der Waals surface area contributed by atoms with E-state index < -0.39 is 0 Å². The van der Waals surface area contributed by atoms with Gasteiger partial charge < -0.3 is 9.15 Å². The van der Waals surface area contributed by atoms with Gasteiger partial charge in [0.25, 0.3) is 5.22 Å². The molecule has 0 amide bonds. The van der Waals surface area contributed by atoms with Crippen molar-refractivity contribution in [1.82, 2.24) is 4.98 Å². The van der Waals surface area contributed by atoms with Crippen molar-refractivity contribution in [2.45, 2.75) is 5.22 Å². The minimum atomic E-state index is -0.261. The van der Waals surface area contributed by atoms with Crippen LogP contribution in [0.2, 0.25) is 0 Å². The lowest BCUT2D eigenvalue weighted by Crippen LogP contribution is -1.90. The first-order chi connectivity index (χ1) is 8.29. The highest BCUT2D eigenvalue weighted by atomic mass is 32.2. The molecule has 0 unspecified atom stereocenters. The molecule has 0 spiro atoms. The number of benzene rings is 1. The molecule has 1 aromatic carbocycles. The molecular formula is C12H12FNO2S. The Balaban J connectivity index is 2.04. The van der Waals surface area contributed by atoms with Crippen molar-refractivity contribution < 1.29 is 13.5 Å². The van der Waals surface area contributed by atoms with Gasteiger partial charge in [-0.1, -0.05) is 11.8 Å². The van der Waals surface area contributed by atoms with Gasteiger partial charge in [-0.15, -0.1) is 0 Å². The Morgan fingerprint density at radius 3 is 2.82 bits per heavy atom. The van der Waals surface area contributed by atoms with Gasteiger partial charge in [-0.2, -0.15) is 0 Å². The summed E-state index contributed by atoms with van der Waals surface area (Å²) in [4.78, 5) is 4.13. The maximum absolute atomic E-state index is 12.7. The molecule has 1 aromatic heterocycles. The maximum Gasteiger partial charge on any atom is 0.256 e. The van der Waals surface area contributed by atoms with Gasteiger partial charge >= 0.3 is 0 Å². The number of methoxy groups -OCH3 is 1. The van der Waals surface area contributed by atoms with E-state index >= 15 is 0 Å². The number of aromatic nitrogens is 1. The lowest BCUT2D eigenvalue weighted by atomic mass is 10.2. The lowest BCUT2D eigenvalue weighted by Gasteiger charge is -1.96. The lowest BCUT2D eigenvalue weighted by molar-refractivity contribution is 0.218. The zero-order valence-corrected chi connectivity index (χ0v) is 10.2. The zero-order chi connectivity index (χ0) is 12.1.